The molecule has 0 atom stereocenters. The minimum atomic E-state index is 0.693. The average molecular weight is 279 g/mol. The molecule has 0 aliphatic carbocycles. The van der Waals surface area contributed by atoms with E-state index in [0.29, 0.717) is 6.61 Å². The van der Waals surface area contributed by atoms with Crippen molar-refractivity contribution in [2.24, 2.45) is 0 Å². The number of rotatable bonds is 10. The summed E-state index contributed by atoms with van der Waals surface area (Å²) in [5.74, 6) is 1.00. The quantitative estimate of drug-likeness (QED) is 0.666. The fourth-order valence-corrected chi connectivity index (χ4v) is 2.00. The van der Waals surface area contributed by atoms with Crippen molar-refractivity contribution in [3.8, 4) is 5.75 Å². The van der Waals surface area contributed by atoms with Gasteiger partial charge in [0.25, 0.3) is 0 Å². The summed E-state index contributed by atoms with van der Waals surface area (Å²) in [6.07, 6.45) is 2.34. The zero-order valence-corrected chi connectivity index (χ0v) is 13.4. The molecule has 3 heteroatoms. The van der Waals surface area contributed by atoms with E-state index in [1.807, 2.05) is 0 Å². The van der Waals surface area contributed by atoms with Gasteiger partial charge in [0.2, 0.25) is 0 Å². The highest BCUT2D eigenvalue weighted by Gasteiger charge is 2.03. The van der Waals surface area contributed by atoms with Crippen molar-refractivity contribution in [3.05, 3.63) is 28.8 Å². The first-order chi connectivity index (χ1) is 9.65. The second-order valence-electron chi connectivity index (χ2n) is 5.27. The van der Waals surface area contributed by atoms with E-state index in [1.54, 1.807) is 0 Å². The van der Waals surface area contributed by atoms with Gasteiger partial charge in [0.05, 0.1) is 6.61 Å². The molecule has 3 nitrogen and oxygen atoms in total. The highest BCUT2D eigenvalue weighted by Crippen LogP contribution is 2.22. The van der Waals surface area contributed by atoms with Crippen LogP contribution in [0.5, 0.6) is 5.75 Å². The second kappa shape index (κ2) is 9.78. The van der Waals surface area contributed by atoms with Crippen LogP contribution in [-0.2, 0) is 4.74 Å². The molecule has 0 amide bonds. The fourth-order valence-electron chi connectivity index (χ4n) is 2.00. The maximum atomic E-state index is 5.84. The van der Waals surface area contributed by atoms with E-state index in [1.165, 1.54) is 23.1 Å². The zero-order valence-electron chi connectivity index (χ0n) is 13.4. The minimum Gasteiger partial charge on any atom is -0.492 e. The number of unbranched alkanes of at least 4 members (excludes halogenated alkanes) is 1. The third kappa shape index (κ3) is 6.40. The maximum absolute atomic E-state index is 5.84. The molecule has 1 rings (SSSR count). The third-order valence-corrected chi connectivity index (χ3v) is 3.37. The number of ether oxygens (including phenoxy) is 2. The number of benzene rings is 1. The van der Waals surface area contributed by atoms with Crippen LogP contribution in [0.1, 0.15) is 36.5 Å². The normalized spacial score (nSPS) is 10.8. The highest BCUT2D eigenvalue weighted by atomic mass is 16.5. The lowest BCUT2D eigenvalue weighted by molar-refractivity contribution is 0.132. The molecule has 0 aromatic heterocycles. The van der Waals surface area contributed by atoms with Crippen LogP contribution < -0.4 is 10.1 Å². The van der Waals surface area contributed by atoms with Crippen molar-refractivity contribution in [1.29, 1.82) is 0 Å². The summed E-state index contributed by atoms with van der Waals surface area (Å²) in [5, 5.41) is 3.33. The lowest BCUT2D eigenvalue weighted by Gasteiger charge is -2.12. The topological polar surface area (TPSA) is 30.5 Å². The summed E-state index contributed by atoms with van der Waals surface area (Å²) in [6, 6.07) is 4.30. The Morgan fingerprint density at radius 1 is 1.00 bits per heavy atom. The van der Waals surface area contributed by atoms with Crippen LogP contribution in [0.25, 0.3) is 0 Å². The molecule has 0 heterocycles. The van der Waals surface area contributed by atoms with Crippen LogP contribution in [0.2, 0.25) is 0 Å². The van der Waals surface area contributed by atoms with Gasteiger partial charge in [0.1, 0.15) is 12.4 Å². The molecule has 0 fully saturated rings. The van der Waals surface area contributed by atoms with Crippen molar-refractivity contribution >= 4 is 0 Å². The Bertz CT molecular complexity index is 391. The number of hydrogen-bond donors (Lipinski definition) is 1. The summed E-state index contributed by atoms with van der Waals surface area (Å²) in [7, 11) is 0. The van der Waals surface area contributed by atoms with Gasteiger partial charge in [0, 0.05) is 19.7 Å². The van der Waals surface area contributed by atoms with Crippen molar-refractivity contribution in [2.75, 3.05) is 32.9 Å². The average Bonchev–Trinajstić information content (AvgIpc) is 2.42. The zero-order chi connectivity index (χ0) is 14.8. The van der Waals surface area contributed by atoms with Crippen molar-refractivity contribution in [2.45, 2.75) is 40.5 Å². The van der Waals surface area contributed by atoms with Gasteiger partial charge >= 0.3 is 0 Å². The first-order valence-corrected chi connectivity index (χ1v) is 7.64. The molecule has 1 aromatic rings. The molecule has 0 spiro atoms. The minimum absolute atomic E-state index is 0.693. The van der Waals surface area contributed by atoms with Crippen molar-refractivity contribution in [1.82, 2.24) is 5.32 Å². The lowest BCUT2D eigenvalue weighted by atomic mass is 10.1. The Morgan fingerprint density at radius 2 is 1.75 bits per heavy atom. The Balaban J connectivity index is 2.13. The molecule has 114 valence electrons. The monoisotopic (exact) mass is 279 g/mol. The molecule has 0 saturated heterocycles. The summed E-state index contributed by atoms with van der Waals surface area (Å²) in [4.78, 5) is 0. The second-order valence-corrected chi connectivity index (χ2v) is 5.27. The van der Waals surface area contributed by atoms with Crippen molar-refractivity contribution in [3.63, 3.8) is 0 Å². The Kier molecular flexibility index (Phi) is 8.31. The Hall–Kier alpha value is -1.06. The van der Waals surface area contributed by atoms with Crippen LogP contribution in [0.15, 0.2) is 12.1 Å². The van der Waals surface area contributed by atoms with Crippen LogP contribution in [-0.4, -0.2) is 32.9 Å². The van der Waals surface area contributed by atoms with Gasteiger partial charge in [-0.1, -0.05) is 19.4 Å². The fraction of sp³-hybridized carbons (Fsp3) is 0.647. The van der Waals surface area contributed by atoms with Gasteiger partial charge in [-0.25, -0.2) is 0 Å². The lowest BCUT2D eigenvalue weighted by Crippen LogP contribution is -2.25. The largest absolute Gasteiger partial charge is 0.492 e. The molecular weight excluding hydrogens is 250 g/mol. The van der Waals surface area contributed by atoms with Gasteiger partial charge in [-0.05, 0) is 49.9 Å². The van der Waals surface area contributed by atoms with E-state index >= 15 is 0 Å². The molecule has 1 N–H and O–H groups in total. The van der Waals surface area contributed by atoms with Crippen LogP contribution in [0.4, 0.5) is 0 Å². The summed E-state index contributed by atoms with van der Waals surface area (Å²) < 4.78 is 11.3. The van der Waals surface area contributed by atoms with Crippen molar-refractivity contribution < 1.29 is 9.47 Å². The molecule has 0 aliphatic heterocycles. The van der Waals surface area contributed by atoms with E-state index < -0.39 is 0 Å². The molecular formula is C17H29NO2. The molecule has 0 radical (unpaired) electrons. The van der Waals surface area contributed by atoms with Crippen LogP contribution in [0.3, 0.4) is 0 Å². The van der Waals surface area contributed by atoms with Crippen LogP contribution >= 0.6 is 0 Å². The van der Waals surface area contributed by atoms with Gasteiger partial charge in [-0.2, -0.15) is 0 Å². The SMILES string of the molecule is CCCCOCCNCCOc1cc(C)cc(C)c1C. The highest BCUT2D eigenvalue weighted by molar-refractivity contribution is 5.41. The molecule has 20 heavy (non-hydrogen) atoms. The Labute approximate surface area is 123 Å². The first kappa shape index (κ1) is 17.0. The van der Waals surface area contributed by atoms with Crippen LogP contribution in [0, 0.1) is 20.8 Å². The summed E-state index contributed by atoms with van der Waals surface area (Å²) in [5.41, 5.74) is 3.77. The number of hydrogen-bond acceptors (Lipinski definition) is 3. The molecule has 1 aromatic carbocycles. The molecule has 0 unspecified atom stereocenters. The predicted octanol–water partition coefficient (Wildman–Crippen LogP) is 3.40. The third-order valence-electron chi connectivity index (χ3n) is 3.37. The van der Waals surface area contributed by atoms with E-state index in [2.05, 4.69) is 45.1 Å². The smallest absolute Gasteiger partial charge is 0.122 e. The van der Waals surface area contributed by atoms with Gasteiger partial charge in [-0.3, -0.25) is 0 Å². The van der Waals surface area contributed by atoms with E-state index in [9.17, 15) is 0 Å². The number of nitrogens with one attached hydrogen (secondary N) is 1. The number of aryl methyl sites for hydroxylation is 2. The van der Waals surface area contributed by atoms with E-state index in [-0.39, 0.29) is 0 Å². The van der Waals surface area contributed by atoms with Gasteiger partial charge in [-0.15, -0.1) is 0 Å². The van der Waals surface area contributed by atoms with Gasteiger partial charge < -0.3 is 14.8 Å². The molecule has 0 saturated carbocycles. The summed E-state index contributed by atoms with van der Waals surface area (Å²) >= 11 is 0. The first-order valence-electron chi connectivity index (χ1n) is 7.64. The molecule has 0 bridgehead atoms. The van der Waals surface area contributed by atoms with E-state index in [0.717, 1.165) is 38.5 Å². The summed E-state index contributed by atoms with van der Waals surface area (Å²) in [6.45, 7) is 12.6. The predicted molar refractivity (Wildman–Crippen MR) is 84.7 cm³/mol. The standard InChI is InChI=1S/C17H29NO2/c1-5-6-9-19-10-7-18-8-11-20-17-13-14(2)12-15(3)16(17)4/h12-13,18H,5-11H2,1-4H3. The Morgan fingerprint density at radius 3 is 2.50 bits per heavy atom. The van der Waals surface area contributed by atoms with Gasteiger partial charge in [0.15, 0.2) is 0 Å². The van der Waals surface area contributed by atoms with E-state index in [4.69, 9.17) is 9.47 Å². The molecule has 0 aliphatic rings. The maximum Gasteiger partial charge on any atom is 0.122 e.